The highest BCUT2D eigenvalue weighted by molar-refractivity contribution is 4.93. The molecule has 0 aromatic carbocycles. The summed E-state index contributed by atoms with van der Waals surface area (Å²) >= 11 is 0. The number of hydrogen-bond donors (Lipinski definition) is 1. The first-order valence-corrected chi connectivity index (χ1v) is 8.04. The second-order valence-corrected chi connectivity index (χ2v) is 7.02. The summed E-state index contributed by atoms with van der Waals surface area (Å²) in [6, 6.07) is 0. The largest absolute Gasteiger partial charge is 0.393 e. The molecule has 1 saturated heterocycles. The van der Waals surface area contributed by atoms with Crippen molar-refractivity contribution in [3.05, 3.63) is 0 Å². The van der Waals surface area contributed by atoms with Crippen molar-refractivity contribution in [1.82, 2.24) is 0 Å². The lowest BCUT2D eigenvalue weighted by Gasteiger charge is -2.34. The normalized spacial score (nSPS) is 43.7. The lowest BCUT2D eigenvalue weighted by atomic mass is 9.83. The van der Waals surface area contributed by atoms with E-state index >= 15 is 0 Å². The molecule has 1 heterocycles. The minimum absolute atomic E-state index is 0.0555. The molecule has 18 heavy (non-hydrogen) atoms. The first-order valence-electron chi connectivity index (χ1n) is 8.04. The van der Waals surface area contributed by atoms with Crippen LogP contribution >= 0.6 is 0 Å². The Bertz CT molecular complexity index is 283. The third kappa shape index (κ3) is 2.46. The quantitative estimate of drug-likeness (QED) is 0.812. The van der Waals surface area contributed by atoms with E-state index in [1.165, 1.54) is 57.8 Å². The molecule has 0 aromatic rings. The minimum atomic E-state index is -0.0555. The molecule has 1 spiro atoms. The molecule has 2 nitrogen and oxygen atoms in total. The molecule has 2 aliphatic carbocycles. The molecule has 3 fully saturated rings. The molecule has 0 bridgehead atoms. The van der Waals surface area contributed by atoms with E-state index in [0.717, 1.165) is 6.42 Å². The van der Waals surface area contributed by atoms with Gasteiger partial charge in [-0.05, 0) is 56.8 Å². The van der Waals surface area contributed by atoms with Gasteiger partial charge < -0.3 is 9.84 Å². The summed E-state index contributed by atoms with van der Waals surface area (Å²) in [5.41, 5.74) is 0.267. The Labute approximate surface area is 111 Å². The minimum Gasteiger partial charge on any atom is -0.393 e. The number of aliphatic hydroxyl groups excluding tert-OH is 1. The van der Waals surface area contributed by atoms with E-state index in [1.807, 2.05) is 0 Å². The van der Waals surface area contributed by atoms with Crippen LogP contribution in [0.15, 0.2) is 0 Å². The van der Waals surface area contributed by atoms with Gasteiger partial charge in [0.1, 0.15) is 0 Å². The Morgan fingerprint density at radius 1 is 1.06 bits per heavy atom. The second kappa shape index (κ2) is 5.13. The predicted octanol–water partition coefficient (Wildman–Crippen LogP) is 3.67. The number of aliphatic hydroxyl groups is 1. The maximum Gasteiger partial charge on any atom is 0.0687 e. The van der Waals surface area contributed by atoms with Crippen LogP contribution in [0.1, 0.15) is 71.1 Å². The van der Waals surface area contributed by atoms with Crippen LogP contribution in [0.25, 0.3) is 0 Å². The monoisotopic (exact) mass is 252 g/mol. The smallest absolute Gasteiger partial charge is 0.0687 e. The van der Waals surface area contributed by atoms with Crippen molar-refractivity contribution in [2.24, 2.45) is 11.8 Å². The summed E-state index contributed by atoms with van der Waals surface area (Å²) < 4.78 is 6.45. The van der Waals surface area contributed by atoms with Gasteiger partial charge in [-0.15, -0.1) is 0 Å². The van der Waals surface area contributed by atoms with Crippen molar-refractivity contribution in [1.29, 1.82) is 0 Å². The highest BCUT2D eigenvalue weighted by Crippen LogP contribution is 2.45. The number of hydrogen-bond acceptors (Lipinski definition) is 2. The van der Waals surface area contributed by atoms with Gasteiger partial charge in [0.25, 0.3) is 0 Å². The van der Waals surface area contributed by atoms with Crippen molar-refractivity contribution in [3.8, 4) is 0 Å². The molecular weight excluding hydrogens is 224 g/mol. The molecule has 104 valence electrons. The van der Waals surface area contributed by atoms with Crippen LogP contribution in [0, 0.1) is 11.8 Å². The molecule has 0 aromatic heterocycles. The fraction of sp³-hybridized carbons (Fsp3) is 1.00. The molecule has 2 heteroatoms. The highest BCUT2D eigenvalue weighted by atomic mass is 16.5. The fourth-order valence-corrected chi connectivity index (χ4v) is 4.52. The van der Waals surface area contributed by atoms with Crippen molar-refractivity contribution in [2.75, 3.05) is 0 Å². The molecule has 0 amide bonds. The summed E-state index contributed by atoms with van der Waals surface area (Å²) in [5, 5.41) is 9.84. The van der Waals surface area contributed by atoms with Crippen LogP contribution in [0.5, 0.6) is 0 Å². The van der Waals surface area contributed by atoms with Gasteiger partial charge in [-0.2, -0.15) is 0 Å². The SMILES string of the molecule is CC1C(O)CCC1CC1CCC2(CCCCC2)O1. The first-order chi connectivity index (χ1) is 8.69. The number of rotatable bonds is 2. The van der Waals surface area contributed by atoms with Crippen LogP contribution in [0.4, 0.5) is 0 Å². The summed E-state index contributed by atoms with van der Waals surface area (Å²) in [6.45, 7) is 2.22. The van der Waals surface area contributed by atoms with Gasteiger partial charge in [-0.25, -0.2) is 0 Å². The maximum atomic E-state index is 9.84. The van der Waals surface area contributed by atoms with E-state index in [9.17, 15) is 5.11 Å². The van der Waals surface area contributed by atoms with E-state index in [4.69, 9.17) is 4.74 Å². The summed E-state index contributed by atoms with van der Waals surface area (Å²) in [4.78, 5) is 0. The Kier molecular flexibility index (Phi) is 3.68. The lowest BCUT2D eigenvalue weighted by Crippen LogP contribution is -2.32. The van der Waals surface area contributed by atoms with Crippen molar-refractivity contribution >= 4 is 0 Å². The first kappa shape index (κ1) is 12.9. The molecule has 2 saturated carbocycles. The predicted molar refractivity (Wildman–Crippen MR) is 72.4 cm³/mol. The third-order valence-electron chi connectivity index (χ3n) is 5.85. The van der Waals surface area contributed by atoms with Crippen LogP contribution in [-0.2, 0) is 4.74 Å². The van der Waals surface area contributed by atoms with Gasteiger partial charge >= 0.3 is 0 Å². The van der Waals surface area contributed by atoms with Crippen LogP contribution in [0.3, 0.4) is 0 Å². The van der Waals surface area contributed by atoms with Gasteiger partial charge in [-0.1, -0.05) is 26.2 Å². The van der Waals surface area contributed by atoms with Crippen molar-refractivity contribution < 1.29 is 9.84 Å². The van der Waals surface area contributed by atoms with E-state index in [0.29, 0.717) is 17.9 Å². The standard InChI is InChI=1S/C16H28O2/c1-12-13(5-6-15(12)17)11-14-7-10-16(18-14)8-3-2-4-9-16/h12-15,17H,2-11H2,1H3. The van der Waals surface area contributed by atoms with E-state index in [-0.39, 0.29) is 11.7 Å². The maximum absolute atomic E-state index is 9.84. The summed E-state index contributed by atoms with van der Waals surface area (Å²) in [6.07, 6.45) is 13.1. The van der Waals surface area contributed by atoms with Crippen molar-refractivity contribution in [3.63, 3.8) is 0 Å². The van der Waals surface area contributed by atoms with Gasteiger partial charge in [0.2, 0.25) is 0 Å². The second-order valence-electron chi connectivity index (χ2n) is 7.02. The van der Waals surface area contributed by atoms with Crippen LogP contribution < -0.4 is 0 Å². The molecule has 3 aliphatic rings. The molecule has 4 unspecified atom stereocenters. The van der Waals surface area contributed by atoms with Gasteiger partial charge in [-0.3, -0.25) is 0 Å². The van der Waals surface area contributed by atoms with Crippen LogP contribution in [0.2, 0.25) is 0 Å². The zero-order valence-electron chi connectivity index (χ0n) is 11.7. The average molecular weight is 252 g/mol. The summed E-state index contributed by atoms with van der Waals surface area (Å²) in [5.74, 6) is 1.18. The Morgan fingerprint density at radius 3 is 2.50 bits per heavy atom. The Hall–Kier alpha value is -0.0800. The topological polar surface area (TPSA) is 29.5 Å². The van der Waals surface area contributed by atoms with Gasteiger partial charge in [0.05, 0.1) is 17.8 Å². The molecule has 4 atom stereocenters. The number of ether oxygens (including phenoxy) is 1. The van der Waals surface area contributed by atoms with Gasteiger partial charge in [0, 0.05) is 0 Å². The fourth-order valence-electron chi connectivity index (χ4n) is 4.52. The zero-order chi connectivity index (χ0) is 12.6. The Morgan fingerprint density at radius 2 is 1.83 bits per heavy atom. The zero-order valence-corrected chi connectivity index (χ0v) is 11.7. The molecular formula is C16H28O2. The van der Waals surface area contributed by atoms with E-state index in [1.54, 1.807) is 0 Å². The van der Waals surface area contributed by atoms with Crippen LogP contribution in [-0.4, -0.2) is 22.9 Å². The third-order valence-corrected chi connectivity index (χ3v) is 5.85. The Balaban J connectivity index is 1.53. The van der Waals surface area contributed by atoms with E-state index < -0.39 is 0 Å². The van der Waals surface area contributed by atoms with Crippen molar-refractivity contribution in [2.45, 2.75) is 88.9 Å². The average Bonchev–Trinajstić information content (AvgIpc) is 2.90. The summed E-state index contributed by atoms with van der Waals surface area (Å²) in [7, 11) is 0. The lowest BCUT2D eigenvalue weighted by molar-refractivity contribution is -0.0716. The molecule has 1 N–H and O–H groups in total. The molecule has 0 radical (unpaired) electrons. The molecule has 1 aliphatic heterocycles. The van der Waals surface area contributed by atoms with E-state index in [2.05, 4.69) is 6.92 Å². The molecule has 3 rings (SSSR count). The highest BCUT2D eigenvalue weighted by Gasteiger charge is 2.42. The van der Waals surface area contributed by atoms with Gasteiger partial charge in [0.15, 0.2) is 0 Å².